The summed E-state index contributed by atoms with van der Waals surface area (Å²) in [6.45, 7) is 10.8. The first-order valence-corrected chi connectivity index (χ1v) is 6.46. The Morgan fingerprint density at radius 2 is 1.60 bits per heavy atom. The first-order chi connectivity index (χ1) is 6.99. The molecule has 0 bridgehead atoms. The zero-order chi connectivity index (χ0) is 11.7. The predicted molar refractivity (Wildman–Crippen MR) is 62.9 cm³/mol. The Bertz CT molecular complexity index is 211. The van der Waals surface area contributed by atoms with Crippen LogP contribution in [0.4, 0.5) is 0 Å². The highest BCUT2D eigenvalue weighted by Crippen LogP contribution is 2.48. The summed E-state index contributed by atoms with van der Waals surface area (Å²) in [5, 5.41) is 14.1. The molecule has 0 aromatic carbocycles. The Balaban J connectivity index is 2.99. The monoisotopic (exact) mass is 212 g/mol. The Morgan fingerprint density at radius 3 is 1.80 bits per heavy atom. The molecule has 0 aromatic rings. The fourth-order valence-electron chi connectivity index (χ4n) is 3.27. The van der Waals surface area contributed by atoms with Crippen LogP contribution in [0.3, 0.4) is 0 Å². The summed E-state index contributed by atoms with van der Waals surface area (Å²) in [5.74, 6) is 0.458. The molecule has 0 amide bonds. The Labute approximate surface area is 94.6 Å². The van der Waals surface area contributed by atoms with Gasteiger partial charge in [-0.05, 0) is 38.0 Å². The SMILES string of the molecule is CCC1(CC)CCC(CC)(C(C)C)N1[O]. The van der Waals surface area contributed by atoms with E-state index in [1.807, 2.05) is 0 Å². The molecule has 1 fully saturated rings. The molecule has 1 rings (SSSR count). The van der Waals surface area contributed by atoms with Crippen LogP contribution in [0.5, 0.6) is 0 Å². The van der Waals surface area contributed by atoms with E-state index in [4.69, 9.17) is 0 Å². The van der Waals surface area contributed by atoms with Gasteiger partial charge in [0.25, 0.3) is 0 Å². The molecule has 0 N–H and O–H groups in total. The summed E-state index contributed by atoms with van der Waals surface area (Å²) >= 11 is 0. The lowest BCUT2D eigenvalue weighted by Gasteiger charge is -2.42. The fraction of sp³-hybridized carbons (Fsp3) is 1.00. The van der Waals surface area contributed by atoms with E-state index in [-0.39, 0.29) is 11.1 Å². The van der Waals surface area contributed by atoms with Crippen molar-refractivity contribution in [3.05, 3.63) is 0 Å². The van der Waals surface area contributed by atoms with Crippen molar-refractivity contribution in [2.24, 2.45) is 5.92 Å². The van der Waals surface area contributed by atoms with Crippen molar-refractivity contribution >= 4 is 0 Å². The van der Waals surface area contributed by atoms with Gasteiger partial charge in [-0.25, -0.2) is 0 Å². The van der Waals surface area contributed by atoms with Crippen molar-refractivity contribution in [1.82, 2.24) is 5.06 Å². The van der Waals surface area contributed by atoms with Crippen LogP contribution in [0.2, 0.25) is 0 Å². The quantitative estimate of drug-likeness (QED) is 0.695. The maximum atomic E-state index is 12.6. The van der Waals surface area contributed by atoms with Gasteiger partial charge in [0.15, 0.2) is 0 Å². The van der Waals surface area contributed by atoms with Crippen molar-refractivity contribution in [1.29, 1.82) is 0 Å². The van der Waals surface area contributed by atoms with Crippen LogP contribution in [-0.2, 0) is 5.21 Å². The average Bonchev–Trinajstić information content (AvgIpc) is 2.53. The first-order valence-electron chi connectivity index (χ1n) is 6.46. The predicted octanol–water partition coefficient (Wildman–Crippen LogP) is 3.79. The third-order valence-electron chi connectivity index (χ3n) is 4.86. The summed E-state index contributed by atoms with van der Waals surface area (Å²) in [6, 6.07) is 0. The van der Waals surface area contributed by atoms with Gasteiger partial charge in [-0.1, -0.05) is 34.6 Å². The molecule has 1 aliphatic rings. The van der Waals surface area contributed by atoms with Crippen molar-refractivity contribution in [3.8, 4) is 0 Å². The van der Waals surface area contributed by atoms with Gasteiger partial charge in [0, 0.05) is 5.54 Å². The lowest BCUT2D eigenvalue weighted by molar-refractivity contribution is -0.273. The topological polar surface area (TPSA) is 23.1 Å². The van der Waals surface area contributed by atoms with Crippen molar-refractivity contribution < 1.29 is 5.21 Å². The summed E-state index contributed by atoms with van der Waals surface area (Å²) in [7, 11) is 0. The first kappa shape index (κ1) is 13.0. The second-order valence-corrected chi connectivity index (χ2v) is 5.34. The molecule has 1 saturated heterocycles. The zero-order valence-electron chi connectivity index (χ0n) is 11.0. The molecule has 1 heterocycles. The Kier molecular flexibility index (Phi) is 3.83. The van der Waals surface area contributed by atoms with Gasteiger partial charge >= 0.3 is 0 Å². The average molecular weight is 212 g/mol. The van der Waals surface area contributed by atoms with Gasteiger partial charge in [-0.2, -0.15) is 0 Å². The second kappa shape index (κ2) is 4.42. The van der Waals surface area contributed by atoms with E-state index < -0.39 is 0 Å². The van der Waals surface area contributed by atoms with Crippen LogP contribution in [-0.4, -0.2) is 16.1 Å². The van der Waals surface area contributed by atoms with Crippen LogP contribution in [0.25, 0.3) is 0 Å². The lowest BCUT2D eigenvalue weighted by atomic mass is 9.82. The molecular formula is C13H26NO. The standard InChI is InChI=1S/C13H26NO/c1-6-12(7-2)9-10-13(8-3,11(4)5)14(12)15/h11H,6-10H2,1-5H3. The van der Waals surface area contributed by atoms with Gasteiger partial charge in [0.2, 0.25) is 0 Å². The molecule has 0 aliphatic carbocycles. The van der Waals surface area contributed by atoms with Crippen LogP contribution >= 0.6 is 0 Å². The Hall–Kier alpha value is -0.0800. The summed E-state index contributed by atoms with van der Waals surface area (Å²) in [4.78, 5) is 0. The minimum Gasteiger partial charge on any atom is -0.143 e. The Morgan fingerprint density at radius 1 is 1.07 bits per heavy atom. The number of rotatable bonds is 4. The van der Waals surface area contributed by atoms with Crippen molar-refractivity contribution in [3.63, 3.8) is 0 Å². The summed E-state index contributed by atoms with van der Waals surface area (Å²) in [6.07, 6.45) is 5.11. The molecule has 0 spiro atoms. The van der Waals surface area contributed by atoms with E-state index in [0.717, 1.165) is 32.1 Å². The third kappa shape index (κ3) is 1.72. The van der Waals surface area contributed by atoms with E-state index >= 15 is 0 Å². The largest absolute Gasteiger partial charge is 0.143 e. The molecule has 2 heteroatoms. The minimum absolute atomic E-state index is 0.0692. The van der Waals surface area contributed by atoms with E-state index in [9.17, 15) is 5.21 Å². The second-order valence-electron chi connectivity index (χ2n) is 5.34. The fourth-order valence-corrected chi connectivity index (χ4v) is 3.27. The van der Waals surface area contributed by atoms with E-state index in [0.29, 0.717) is 5.92 Å². The van der Waals surface area contributed by atoms with Gasteiger partial charge in [0.05, 0.1) is 5.54 Å². The number of hydrogen-bond donors (Lipinski definition) is 0. The molecule has 1 unspecified atom stereocenters. The molecule has 1 aliphatic heterocycles. The highest BCUT2D eigenvalue weighted by Gasteiger charge is 2.54. The van der Waals surface area contributed by atoms with Crippen molar-refractivity contribution in [2.45, 2.75) is 77.8 Å². The highest BCUT2D eigenvalue weighted by atomic mass is 16.5. The van der Waals surface area contributed by atoms with Crippen LogP contribution in [0.15, 0.2) is 0 Å². The third-order valence-corrected chi connectivity index (χ3v) is 4.86. The highest BCUT2D eigenvalue weighted by molar-refractivity contribution is 5.04. The normalized spacial score (nSPS) is 31.4. The number of hydrogen-bond acceptors (Lipinski definition) is 1. The van der Waals surface area contributed by atoms with Crippen LogP contribution in [0.1, 0.15) is 66.7 Å². The van der Waals surface area contributed by atoms with Crippen molar-refractivity contribution in [2.75, 3.05) is 0 Å². The molecule has 1 radical (unpaired) electrons. The molecule has 1 atom stereocenters. The number of nitrogens with zero attached hydrogens (tertiary/aromatic N) is 1. The molecule has 0 saturated carbocycles. The van der Waals surface area contributed by atoms with Gasteiger partial charge in [-0.15, -0.1) is 10.3 Å². The molecular weight excluding hydrogens is 186 g/mol. The summed E-state index contributed by atoms with van der Waals surface area (Å²) in [5.41, 5.74) is -0.160. The van der Waals surface area contributed by atoms with E-state index in [1.54, 1.807) is 0 Å². The summed E-state index contributed by atoms with van der Waals surface area (Å²) < 4.78 is 0. The van der Waals surface area contributed by atoms with Crippen LogP contribution < -0.4 is 0 Å². The van der Waals surface area contributed by atoms with Gasteiger partial charge < -0.3 is 0 Å². The molecule has 2 nitrogen and oxygen atoms in total. The maximum Gasteiger partial charge on any atom is 0.0521 e. The lowest BCUT2D eigenvalue weighted by Crippen LogP contribution is -2.53. The van der Waals surface area contributed by atoms with Crippen LogP contribution in [0, 0.1) is 5.92 Å². The zero-order valence-corrected chi connectivity index (χ0v) is 11.0. The van der Waals surface area contributed by atoms with Gasteiger partial charge in [0.1, 0.15) is 0 Å². The molecule has 0 aromatic heterocycles. The minimum atomic E-state index is -0.0913. The van der Waals surface area contributed by atoms with Gasteiger partial charge in [-0.3, -0.25) is 0 Å². The van der Waals surface area contributed by atoms with E-state index in [1.165, 1.54) is 5.06 Å². The molecule has 15 heavy (non-hydrogen) atoms. The smallest absolute Gasteiger partial charge is 0.0521 e. The van der Waals surface area contributed by atoms with E-state index in [2.05, 4.69) is 34.6 Å². The molecule has 89 valence electrons. The maximum absolute atomic E-state index is 12.6. The number of hydroxylamine groups is 2.